The SMILES string of the molecule is OC(Cc1ccsc1)c1c(F)cc(F)cc1F. The lowest BCUT2D eigenvalue weighted by Gasteiger charge is -2.12. The van der Waals surface area contributed by atoms with Crippen molar-refractivity contribution in [1.29, 1.82) is 0 Å². The molecule has 0 aliphatic heterocycles. The molecule has 1 aromatic heterocycles. The smallest absolute Gasteiger partial charge is 0.134 e. The molecule has 1 N–H and O–H groups in total. The number of halogens is 3. The average molecular weight is 258 g/mol. The summed E-state index contributed by atoms with van der Waals surface area (Å²) in [6, 6.07) is 2.89. The third-order valence-corrected chi connectivity index (χ3v) is 3.12. The molecule has 0 radical (unpaired) electrons. The van der Waals surface area contributed by atoms with Crippen molar-refractivity contribution in [3.8, 4) is 0 Å². The van der Waals surface area contributed by atoms with Gasteiger partial charge in [-0.25, -0.2) is 13.2 Å². The third kappa shape index (κ3) is 2.68. The zero-order valence-corrected chi connectivity index (χ0v) is 9.48. The van der Waals surface area contributed by atoms with Crippen LogP contribution in [0.2, 0.25) is 0 Å². The monoisotopic (exact) mass is 258 g/mol. The summed E-state index contributed by atoms with van der Waals surface area (Å²) in [5.74, 6) is -3.12. The summed E-state index contributed by atoms with van der Waals surface area (Å²) < 4.78 is 39.4. The van der Waals surface area contributed by atoms with Gasteiger partial charge in [0.05, 0.1) is 11.7 Å². The summed E-state index contributed by atoms with van der Waals surface area (Å²) in [5.41, 5.74) is 0.295. The molecule has 1 unspecified atom stereocenters. The van der Waals surface area contributed by atoms with E-state index in [0.29, 0.717) is 12.1 Å². The van der Waals surface area contributed by atoms with Gasteiger partial charge in [0.2, 0.25) is 0 Å². The summed E-state index contributed by atoms with van der Waals surface area (Å²) in [4.78, 5) is 0. The van der Waals surface area contributed by atoms with Crippen molar-refractivity contribution in [3.63, 3.8) is 0 Å². The lowest BCUT2D eigenvalue weighted by Crippen LogP contribution is -2.07. The number of hydrogen-bond acceptors (Lipinski definition) is 2. The Hall–Kier alpha value is -1.33. The molecule has 0 aliphatic carbocycles. The Labute approximate surface area is 100 Å². The molecule has 0 spiro atoms. The van der Waals surface area contributed by atoms with E-state index in [1.165, 1.54) is 11.3 Å². The van der Waals surface area contributed by atoms with Crippen LogP contribution in [0.15, 0.2) is 29.0 Å². The van der Waals surface area contributed by atoms with Gasteiger partial charge in [-0.3, -0.25) is 0 Å². The fourth-order valence-corrected chi connectivity index (χ4v) is 2.29. The van der Waals surface area contributed by atoms with Crippen LogP contribution in [-0.4, -0.2) is 5.11 Å². The summed E-state index contributed by atoms with van der Waals surface area (Å²) >= 11 is 1.43. The summed E-state index contributed by atoms with van der Waals surface area (Å²) in [6.45, 7) is 0. The Balaban J connectivity index is 2.27. The summed E-state index contributed by atoms with van der Waals surface area (Å²) in [7, 11) is 0. The van der Waals surface area contributed by atoms with Crippen LogP contribution in [0.4, 0.5) is 13.2 Å². The first-order valence-electron chi connectivity index (χ1n) is 4.91. The first kappa shape index (κ1) is 12.1. The van der Waals surface area contributed by atoms with Crippen molar-refractivity contribution < 1.29 is 18.3 Å². The molecule has 2 rings (SSSR count). The Morgan fingerprint density at radius 3 is 2.35 bits per heavy atom. The quantitative estimate of drug-likeness (QED) is 0.894. The molecule has 0 aliphatic rings. The Morgan fingerprint density at radius 2 is 1.82 bits per heavy atom. The van der Waals surface area contributed by atoms with Gasteiger partial charge < -0.3 is 5.11 Å². The number of aliphatic hydroxyl groups excluding tert-OH is 1. The normalized spacial score (nSPS) is 12.7. The summed E-state index contributed by atoms with van der Waals surface area (Å²) in [5, 5.41) is 13.3. The molecule has 0 amide bonds. The zero-order chi connectivity index (χ0) is 12.4. The molecule has 17 heavy (non-hydrogen) atoms. The largest absolute Gasteiger partial charge is 0.388 e. The minimum absolute atomic E-state index is 0.100. The second kappa shape index (κ2) is 4.89. The lowest BCUT2D eigenvalue weighted by atomic mass is 10.0. The van der Waals surface area contributed by atoms with Crippen LogP contribution >= 0.6 is 11.3 Å². The highest BCUT2D eigenvalue weighted by Crippen LogP contribution is 2.25. The molecule has 0 fully saturated rings. The van der Waals surface area contributed by atoms with Gasteiger partial charge in [-0.05, 0) is 22.4 Å². The first-order valence-corrected chi connectivity index (χ1v) is 5.86. The zero-order valence-electron chi connectivity index (χ0n) is 8.66. The van der Waals surface area contributed by atoms with Crippen molar-refractivity contribution >= 4 is 11.3 Å². The Kier molecular flexibility index (Phi) is 3.49. The van der Waals surface area contributed by atoms with Crippen LogP contribution in [0, 0.1) is 17.5 Å². The Bertz CT molecular complexity index is 487. The van der Waals surface area contributed by atoms with Gasteiger partial charge in [-0.15, -0.1) is 0 Å². The maximum absolute atomic E-state index is 13.4. The summed E-state index contributed by atoms with van der Waals surface area (Å²) in [6.07, 6.45) is -1.21. The van der Waals surface area contributed by atoms with E-state index in [1.807, 2.05) is 0 Å². The molecule has 1 atom stereocenters. The van der Waals surface area contributed by atoms with Crippen LogP contribution in [0.3, 0.4) is 0 Å². The molecule has 5 heteroatoms. The third-order valence-electron chi connectivity index (χ3n) is 2.39. The van der Waals surface area contributed by atoms with Crippen LogP contribution < -0.4 is 0 Å². The van der Waals surface area contributed by atoms with E-state index in [0.717, 1.165) is 5.56 Å². The van der Waals surface area contributed by atoms with E-state index in [9.17, 15) is 18.3 Å². The van der Waals surface area contributed by atoms with E-state index >= 15 is 0 Å². The van der Waals surface area contributed by atoms with E-state index in [1.54, 1.807) is 16.8 Å². The number of thiophene rings is 1. The second-order valence-corrected chi connectivity index (χ2v) is 4.41. The maximum atomic E-state index is 13.4. The molecule has 0 saturated heterocycles. The van der Waals surface area contributed by atoms with Crippen molar-refractivity contribution in [2.75, 3.05) is 0 Å². The number of aliphatic hydroxyl groups is 1. The molecule has 1 heterocycles. The molecular formula is C12H9F3OS. The van der Waals surface area contributed by atoms with Crippen molar-refractivity contribution in [2.45, 2.75) is 12.5 Å². The highest BCUT2D eigenvalue weighted by atomic mass is 32.1. The highest BCUT2D eigenvalue weighted by Gasteiger charge is 2.19. The molecule has 2 aromatic rings. The van der Waals surface area contributed by atoms with Crippen molar-refractivity contribution in [2.24, 2.45) is 0 Å². The maximum Gasteiger partial charge on any atom is 0.134 e. The fourth-order valence-electron chi connectivity index (χ4n) is 1.61. The molecule has 90 valence electrons. The van der Waals surface area contributed by atoms with E-state index in [4.69, 9.17) is 0 Å². The van der Waals surface area contributed by atoms with E-state index in [-0.39, 0.29) is 6.42 Å². The standard InChI is InChI=1S/C12H9F3OS/c13-8-4-9(14)12(10(15)5-8)11(16)3-7-1-2-17-6-7/h1-2,4-6,11,16H,3H2. The van der Waals surface area contributed by atoms with Gasteiger partial charge in [0.25, 0.3) is 0 Å². The number of hydrogen-bond donors (Lipinski definition) is 1. The van der Waals surface area contributed by atoms with Gasteiger partial charge in [0.1, 0.15) is 17.5 Å². The Morgan fingerprint density at radius 1 is 1.18 bits per heavy atom. The number of rotatable bonds is 3. The highest BCUT2D eigenvalue weighted by molar-refractivity contribution is 7.07. The minimum Gasteiger partial charge on any atom is -0.388 e. The molecular weight excluding hydrogens is 249 g/mol. The predicted octanol–water partition coefficient (Wildman–Crippen LogP) is 3.44. The predicted molar refractivity (Wildman–Crippen MR) is 59.3 cm³/mol. The average Bonchev–Trinajstić information content (AvgIpc) is 2.68. The van der Waals surface area contributed by atoms with Gasteiger partial charge in [-0.2, -0.15) is 11.3 Å². The molecule has 0 saturated carbocycles. The van der Waals surface area contributed by atoms with Crippen LogP contribution in [0.25, 0.3) is 0 Å². The van der Waals surface area contributed by atoms with Crippen LogP contribution in [-0.2, 0) is 6.42 Å². The van der Waals surface area contributed by atoms with Gasteiger partial charge in [0.15, 0.2) is 0 Å². The van der Waals surface area contributed by atoms with E-state index < -0.39 is 29.1 Å². The minimum atomic E-state index is -1.31. The topological polar surface area (TPSA) is 20.2 Å². The first-order chi connectivity index (χ1) is 8.08. The molecule has 1 nitrogen and oxygen atoms in total. The fraction of sp³-hybridized carbons (Fsp3) is 0.167. The van der Waals surface area contributed by atoms with E-state index in [2.05, 4.69) is 0 Å². The number of benzene rings is 1. The lowest BCUT2D eigenvalue weighted by molar-refractivity contribution is 0.168. The van der Waals surface area contributed by atoms with Crippen LogP contribution in [0.1, 0.15) is 17.2 Å². The van der Waals surface area contributed by atoms with Crippen molar-refractivity contribution in [3.05, 3.63) is 57.5 Å². The van der Waals surface area contributed by atoms with Gasteiger partial charge in [-0.1, -0.05) is 0 Å². The molecule has 0 bridgehead atoms. The van der Waals surface area contributed by atoms with Crippen LogP contribution in [0.5, 0.6) is 0 Å². The van der Waals surface area contributed by atoms with Crippen molar-refractivity contribution in [1.82, 2.24) is 0 Å². The van der Waals surface area contributed by atoms with Gasteiger partial charge in [0, 0.05) is 18.6 Å². The molecule has 1 aromatic carbocycles. The van der Waals surface area contributed by atoms with Gasteiger partial charge >= 0.3 is 0 Å². The second-order valence-electron chi connectivity index (χ2n) is 3.63.